The van der Waals surface area contributed by atoms with E-state index in [1.54, 1.807) is 21.3 Å². The number of methoxy groups -OCH3 is 3. The van der Waals surface area contributed by atoms with Crippen molar-refractivity contribution < 1.29 is 42.6 Å². The molecule has 366 valence electrons. The highest BCUT2D eigenvalue weighted by Gasteiger charge is 2.30. The van der Waals surface area contributed by atoms with Gasteiger partial charge in [0.1, 0.15) is 34.5 Å². The van der Waals surface area contributed by atoms with E-state index in [1.807, 2.05) is 57.2 Å². The van der Waals surface area contributed by atoms with Gasteiger partial charge >= 0.3 is 0 Å². The average Bonchev–Trinajstić information content (AvgIpc) is 3.35. The summed E-state index contributed by atoms with van der Waals surface area (Å²) in [5, 5.41) is 0. The standard InChI is InChI=1S/C60H72O9/c1-13-67-55-40-28-49(58(4,5)46-16-22-52(61-10)23-17-46)29-41(55)35-65-37-43-31-51(60(8,9)48-20-26-54(63-12)27-21-48)33-45(57(43)69-15-3)39-66-38-44-32-50(30-42(36-64-34-40)56(44)68-14-2)59(6,7)47-18-24-53(62-11)25-19-47/h16-33H,13-15,34-39H2,1-12H3. The second-order valence-corrected chi connectivity index (χ2v) is 19.2. The van der Waals surface area contributed by atoms with Crippen LogP contribution in [0.15, 0.2) is 109 Å². The molecule has 1 aliphatic heterocycles. The van der Waals surface area contributed by atoms with Crippen LogP contribution in [0.25, 0.3) is 0 Å². The first-order chi connectivity index (χ1) is 33.2. The third kappa shape index (κ3) is 11.2. The van der Waals surface area contributed by atoms with Gasteiger partial charge in [0.2, 0.25) is 0 Å². The van der Waals surface area contributed by atoms with E-state index in [0.29, 0.717) is 59.5 Å². The number of fused-ring (bicyclic) bond motifs is 6. The molecule has 0 saturated heterocycles. The van der Waals surface area contributed by atoms with Crippen LogP contribution in [0, 0.1) is 0 Å². The van der Waals surface area contributed by atoms with Crippen LogP contribution in [0.5, 0.6) is 34.5 Å². The van der Waals surface area contributed by atoms with Gasteiger partial charge in [-0.15, -0.1) is 0 Å². The maximum absolute atomic E-state index is 6.81. The van der Waals surface area contributed by atoms with Crippen LogP contribution < -0.4 is 28.4 Å². The maximum atomic E-state index is 6.81. The van der Waals surface area contributed by atoms with Crippen molar-refractivity contribution in [2.24, 2.45) is 0 Å². The molecule has 69 heavy (non-hydrogen) atoms. The molecular weight excluding hydrogens is 865 g/mol. The van der Waals surface area contributed by atoms with Crippen LogP contribution in [-0.4, -0.2) is 41.2 Å². The molecule has 6 aromatic rings. The summed E-state index contributed by atoms with van der Waals surface area (Å²) in [6.07, 6.45) is 0. The summed E-state index contributed by atoms with van der Waals surface area (Å²) in [4.78, 5) is 0. The zero-order valence-corrected chi connectivity index (χ0v) is 42.9. The zero-order chi connectivity index (χ0) is 49.3. The molecule has 0 radical (unpaired) electrons. The minimum absolute atomic E-state index is 0.290. The molecule has 0 spiro atoms. The molecule has 0 N–H and O–H groups in total. The van der Waals surface area contributed by atoms with E-state index in [1.165, 1.54) is 0 Å². The summed E-state index contributed by atoms with van der Waals surface area (Å²) < 4.78 is 56.7. The van der Waals surface area contributed by atoms with Crippen molar-refractivity contribution in [3.8, 4) is 34.5 Å². The summed E-state index contributed by atoms with van der Waals surface area (Å²) in [6.45, 7) is 22.7. The Morgan fingerprint density at radius 2 is 0.536 bits per heavy atom. The number of benzene rings is 6. The topological polar surface area (TPSA) is 83.1 Å². The van der Waals surface area contributed by atoms with Crippen molar-refractivity contribution in [2.45, 2.75) is 118 Å². The SMILES string of the molecule is CCOc1c2cc(C(C)(C)c3ccc(OC)cc3)cc1COCc1cc(C(C)(C)c3ccc(OC)cc3)cc(c1OCC)COCc1cc(C(C)(C)c3ccc(OC)cc3)cc(c1OCC)COC2. The second-order valence-electron chi connectivity index (χ2n) is 19.2. The van der Waals surface area contributed by atoms with Gasteiger partial charge in [0.05, 0.1) is 80.8 Å². The molecule has 9 nitrogen and oxygen atoms in total. The molecule has 7 rings (SSSR count). The number of hydrogen-bond donors (Lipinski definition) is 0. The van der Waals surface area contributed by atoms with Gasteiger partial charge in [-0.3, -0.25) is 0 Å². The van der Waals surface area contributed by atoms with E-state index in [9.17, 15) is 0 Å². The first-order valence-electron chi connectivity index (χ1n) is 24.2. The monoisotopic (exact) mass is 937 g/mol. The lowest BCUT2D eigenvalue weighted by Gasteiger charge is -2.30. The van der Waals surface area contributed by atoms with Crippen molar-refractivity contribution in [1.29, 1.82) is 0 Å². The van der Waals surface area contributed by atoms with E-state index < -0.39 is 16.2 Å². The van der Waals surface area contributed by atoms with Gasteiger partial charge in [-0.2, -0.15) is 0 Å². The lowest BCUT2D eigenvalue weighted by Crippen LogP contribution is -2.21. The van der Waals surface area contributed by atoms with Crippen molar-refractivity contribution in [3.63, 3.8) is 0 Å². The summed E-state index contributed by atoms with van der Waals surface area (Å²) in [7, 11) is 5.08. The second kappa shape index (κ2) is 22.2. The van der Waals surface area contributed by atoms with Crippen LogP contribution in [0.2, 0.25) is 0 Å². The number of ether oxygens (including phenoxy) is 9. The Labute approximate surface area is 410 Å². The molecule has 6 bridgehead atoms. The number of hydrogen-bond acceptors (Lipinski definition) is 9. The normalized spacial score (nSPS) is 13.7. The third-order valence-electron chi connectivity index (χ3n) is 13.7. The Bertz CT molecular complexity index is 2280. The largest absolute Gasteiger partial charge is 0.497 e. The van der Waals surface area contributed by atoms with Crippen LogP contribution in [0.3, 0.4) is 0 Å². The van der Waals surface area contributed by atoms with E-state index in [-0.39, 0.29) is 0 Å². The number of rotatable bonds is 15. The fraction of sp³-hybridized carbons (Fsp3) is 0.400. The first kappa shape index (κ1) is 50.9. The Kier molecular flexibility index (Phi) is 16.3. The van der Waals surface area contributed by atoms with Crippen LogP contribution in [0.4, 0.5) is 0 Å². The summed E-state index contributed by atoms with van der Waals surface area (Å²) in [5.74, 6) is 4.73. The highest BCUT2D eigenvalue weighted by Crippen LogP contribution is 2.42. The van der Waals surface area contributed by atoms with Crippen molar-refractivity contribution in [3.05, 3.63) is 176 Å². The highest BCUT2D eigenvalue weighted by atomic mass is 16.5. The summed E-state index contributed by atoms with van der Waals surface area (Å²) in [5.41, 5.74) is 11.2. The molecule has 0 atom stereocenters. The van der Waals surface area contributed by atoms with E-state index >= 15 is 0 Å². The molecule has 9 heteroatoms. The molecular formula is C60H72O9. The van der Waals surface area contributed by atoms with Gasteiger partial charge in [0, 0.05) is 49.6 Å². The van der Waals surface area contributed by atoms with Crippen LogP contribution >= 0.6 is 0 Å². The predicted molar refractivity (Wildman–Crippen MR) is 274 cm³/mol. The van der Waals surface area contributed by atoms with Gasteiger partial charge in [0.25, 0.3) is 0 Å². The van der Waals surface area contributed by atoms with Gasteiger partial charge in [0.15, 0.2) is 0 Å². The molecule has 0 amide bonds. The average molecular weight is 937 g/mol. The minimum atomic E-state index is -0.395. The first-order valence-corrected chi connectivity index (χ1v) is 24.2. The highest BCUT2D eigenvalue weighted by molar-refractivity contribution is 5.53. The van der Waals surface area contributed by atoms with E-state index in [0.717, 1.165) is 101 Å². The maximum Gasteiger partial charge on any atom is 0.130 e. The fourth-order valence-electron chi connectivity index (χ4n) is 9.31. The smallest absolute Gasteiger partial charge is 0.130 e. The molecule has 0 aliphatic carbocycles. The Balaban J connectivity index is 1.42. The lowest BCUT2D eigenvalue weighted by atomic mass is 9.77. The van der Waals surface area contributed by atoms with Gasteiger partial charge in [-0.1, -0.05) is 77.9 Å². The minimum Gasteiger partial charge on any atom is -0.497 e. The predicted octanol–water partition coefficient (Wildman–Crippen LogP) is 13.3. The zero-order valence-electron chi connectivity index (χ0n) is 42.9. The van der Waals surface area contributed by atoms with E-state index in [4.69, 9.17) is 42.6 Å². The van der Waals surface area contributed by atoms with Crippen molar-refractivity contribution in [2.75, 3.05) is 41.2 Å². The quantitative estimate of drug-likeness (QED) is 0.0999. The Morgan fingerprint density at radius 3 is 0.710 bits per heavy atom. The Morgan fingerprint density at radius 1 is 0.333 bits per heavy atom. The van der Waals surface area contributed by atoms with Crippen LogP contribution in [-0.2, 0) is 70.1 Å². The molecule has 1 aliphatic rings. The Hall–Kier alpha value is -6.00. The molecule has 0 aromatic heterocycles. The molecule has 0 saturated carbocycles. The summed E-state index contributed by atoms with van der Waals surface area (Å²) in [6, 6.07) is 38.3. The molecule has 6 aromatic carbocycles. The third-order valence-corrected chi connectivity index (χ3v) is 13.7. The van der Waals surface area contributed by atoms with Gasteiger partial charge in [-0.05, 0) is 127 Å². The molecule has 0 unspecified atom stereocenters. The lowest BCUT2D eigenvalue weighted by molar-refractivity contribution is 0.0907. The van der Waals surface area contributed by atoms with Gasteiger partial charge in [-0.25, -0.2) is 0 Å². The van der Waals surface area contributed by atoms with Crippen LogP contribution in [0.1, 0.15) is 129 Å². The van der Waals surface area contributed by atoms with Crippen molar-refractivity contribution in [1.82, 2.24) is 0 Å². The van der Waals surface area contributed by atoms with E-state index in [2.05, 4.69) is 114 Å². The fourth-order valence-corrected chi connectivity index (χ4v) is 9.31. The molecule has 0 fully saturated rings. The summed E-state index contributed by atoms with van der Waals surface area (Å²) >= 11 is 0. The van der Waals surface area contributed by atoms with Crippen molar-refractivity contribution >= 4 is 0 Å². The molecule has 1 heterocycles. The van der Waals surface area contributed by atoms with Gasteiger partial charge < -0.3 is 42.6 Å².